The molecule has 2 aromatic heterocycles. The molecule has 1 unspecified atom stereocenters. The molecule has 0 bridgehead atoms. The Hall–Kier alpha value is -3.15. The van der Waals surface area contributed by atoms with E-state index in [-0.39, 0.29) is 17.3 Å². The van der Waals surface area contributed by atoms with Crippen LogP contribution in [-0.4, -0.2) is 42.6 Å². The number of aryl methyl sites for hydroxylation is 2. The summed E-state index contributed by atoms with van der Waals surface area (Å²) in [6.45, 7) is 1.11. The van der Waals surface area contributed by atoms with Crippen LogP contribution in [0.25, 0.3) is 0 Å². The fourth-order valence-corrected chi connectivity index (χ4v) is 5.03. The summed E-state index contributed by atoms with van der Waals surface area (Å²) in [4.78, 5) is 12.4. The molecule has 1 amide bonds. The second kappa shape index (κ2) is 14.0. The second-order valence-electron chi connectivity index (χ2n) is 8.66. The van der Waals surface area contributed by atoms with E-state index in [0.717, 1.165) is 33.3 Å². The van der Waals surface area contributed by atoms with E-state index in [1.165, 1.54) is 18.2 Å². The Kier molecular flexibility index (Phi) is 10.4. The molecule has 15 heteroatoms. The third kappa shape index (κ3) is 9.50. The van der Waals surface area contributed by atoms with Crippen molar-refractivity contribution in [2.24, 2.45) is 0 Å². The molecule has 0 aliphatic carbocycles. The number of aromatic nitrogens is 5. The number of nitrogens with zero attached hydrogens (tertiary/aromatic N) is 5. The lowest BCUT2D eigenvalue weighted by Gasteiger charge is -2.10. The first kappa shape index (κ1) is 29.8. The van der Waals surface area contributed by atoms with Crippen molar-refractivity contribution in [2.75, 3.05) is 0 Å². The molecule has 4 rings (SSSR count). The number of alkyl halides is 3. The van der Waals surface area contributed by atoms with Crippen molar-refractivity contribution in [1.82, 2.24) is 35.8 Å². The van der Waals surface area contributed by atoms with Crippen molar-refractivity contribution in [3.05, 3.63) is 85.1 Å². The van der Waals surface area contributed by atoms with Gasteiger partial charge in [0.2, 0.25) is 5.01 Å². The van der Waals surface area contributed by atoms with Gasteiger partial charge in [-0.2, -0.15) is 0 Å². The summed E-state index contributed by atoms with van der Waals surface area (Å²) in [6.07, 6.45) is -1.87. The second-order valence-corrected chi connectivity index (χ2v) is 11.0. The van der Waals surface area contributed by atoms with Crippen LogP contribution in [0.1, 0.15) is 50.7 Å². The van der Waals surface area contributed by atoms with Crippen LogP contribution in [0, 0.1) is 3.57 Å². The normalized spacial score (nSPS) is 12.3. The lowest BCUT2D eigenvalue weighted by Crippen LogP contribution is -2.23. The average molecular weight is 687 g/mol. The van der Waals surface area contributed by atoms with Crippen LogP contribution in [0.5, 0.6) is 5.75 Å². The molecule has 0 saturated carbocycles. The molecule has 0 saturated heterocycles. The van der Waals surface area contributed by atoms with Crippen molar-refractivity contribution < 1.29 is 27.8 Å². The number of ether oxygens (including phenoxy) is 1. The maximum absolute atomic E-state index is 12.4. The van der Waals surface area contributed by atoms with Crippen molar-refractivity contribution in [3.63, 3.8) is 0 Å². The smallest absolute Gasteiger partial charge is 0.406 e. The minimum atomic E-state index is -4.79. The van der Waals surface area contributed by atoms with E-state index < -0.39 is 18.5 Å². The summed E-state index contributed by atoms with van der Waals surface area (Å²) < 4.78 is 43.9. The zero-order valence-corrected chi connectivity index (χ0v) is 23.9. The molecule has 10 nitrogen and oxygen atoms in total. The first-order valence-corrected chi connectivity index (χ1v) is 14.1. The lowest BCUT2D eigenvalue weighted by atomic mass is 10.2. The van der Waals surface area contributed by atoms with Gasteiger partial charge < -0.3 is 15.2 Å². The highest BCUT2D eigenvalue weighted by molar-refractivity contribution is 14.1. The predicted octanol–water partition coefficient (Wildman–Crippen LogP) is 4.37. The number of nitrogens with one attached hydrogen (secondary N) is 2. The number of benzene rings is 2. The molecule has 0 spiro atoms. The number of rotatable bonds is 13. The van der Waals surface area contributed by atoms with Crippen molar-refractivity contribution in [3.8, 4) is 5.75 Å². The number of carbonyl (C=O) groups excluding carboxylic acids is 1. The Morgan fingerprint density at radius 3 is 2.62 bits per heavy atom. The van der Waals surface area contributed by atoms with E-state index in [1.54, 1.807) is 16.9 Å². The molecule has 2 aromatic carbocycles. The van der Waals surface area contributed by atoms with Gasteiger partial charge in [-0.15, -0.1) is 28.5 Å². The topological polar surface area (TPSA) is 127 Å². The molecule has 3 N–H and O–H groups in total. The SMILES string of the molecule is O=C(NCc1cccc(OC(F)(F)F)c1)c1nnc(CCCCn2cc(C(O)NCc3cccc(I)c3)nn2)s1. The number of carbonyl (C=O) groups is 1. The number of aliphatic hydroxyl groups excluding tert-OH is 1. The summed E-state index contributed by atoms with van der Waals surface area (Å²) in [5.41, 5.74) is 1.94. The van der Waals surface area contributed by atoms with E-state index in [9.17, 15) is 23.1 Å². The molecule has 0 aliphatic heterocycles. The highest BCUT2D eigenvalue weighted by Gasteiger charge is 2.31. The molecule has 2 heterocycles. The van der Waals surface area contributed by atoms with Gasteiger partial charge in [0.05, 0.1) is 6.20 Å². The minimum absolute atomic E-state index is 0.0124. The number of hydrogen-bond donors (Lipinski definition) is 3. The number of aliphatic hydroxyl groups is 1. The Labute approximate surface area is 245 Å². The van der Waals surface area contributed by atoms with Gasteiger partial charge >= 0.3 is 6.36 Å². The van der Waals surface area contributed by atoms with Crippen LogP contribution in [-0.2, 0) is 26.1 Å². The van der Waals surface area contributed by atoms with Crippen LogP contribution in [0.4, 0.5) is 13.2 Å². The molecule has 0 aliphatic rings. The largest absolute Gasteiger partial charge is 0.573 e. The zero-order chi connectivity index (χ0) is 28.5. The Morgan fingerprint density at radius 2 is 1.85 bits per heavy atom. The van der Waals surface area contributed by atoms with Crippen LogP contribution >= 0.6 is 33.9 Å². The quantitative estimate of drug-likeness (QED) is 0.108. The number of amides is 1. The van der Waals surface area contributed by atoms with Gasteiger partial charge in [-0.1, -0.05) is 40.8 Å². The first-order valence-electron chi connectivity index (χ1n) is 12.2. The molecule has 4 aromatic rings. The molecular formula is C25H25F3IN7O3S. The maximum atomic E-state index is 12.4. The summed E-state index contributed by atoms with van der Waals surface area (Å²) >= 11 is 3.40. The zero-order valence-electron chi connectivity index (χ0n) is 20.9. The predicted molar refractivity (Wildman–Crippen MR) is 148 cm³/mol. The fourth-order valence-electron chi connectivity index (χ4n) is 3.62. The third-order valence-electron chi connectivity index (χ3n) is 5.50. The van der Waals surface area contributed by atoms with Crippen LogP contribution in [0.3, 0.4) is 0 Å². The fraction of sp³-hybridized carbons (Fsp3) is 0.320. The van der Waals surface area contributed by atoms with Crippen LogP contribution in [0.2, 0.25) is 0 Å². The van der Waals surface area contributed by atoms with Crippen molar-refractivity contribution in [1.29, 1.82) is 0 Å². The third-order valence-corrected chi connectivity index (χ3v) is 7.15. The van der Waals surface area contributed by atoms with Crippen molar-refractivity contribution >= 4 is 39.8 Å². The number of halogens is 4. The van der Waals surface area contributed by atoms with Gasteiger partial charge in [0.15, 0.2) is 6.23 Å². The van der Waals surface area contributed by atoms with Gasteiger partial charge in [0.25, 0.3) is 5.91 Å². The summed E-state index contributed by atoms with van der Waals surface area (Å²) in [7, 11) is 0. The van der Waals surface area contributed by atoms with E-state index in [1.807, 2.05) is 24.3 Å². The van der Waals surface area contributed by atoms with E-state index in [2.05, 4.69) is 58.5 Å². The average Bonchev–Trinajstić information content (AvgIpc) is 3.58. The minimum Gasteiger partial charge on any atom is -0.406 e. The number of unbranched alkanes of at least 4 members (excludes halogenated alkanes) is 1. The molecule has 212 valence electrons. The molecule has 0 radical (unpaired) electrons. The summed E-state index contributed by atoms with van der Waals surface area (Å²) in [6, 6.07) is 13.4. The lowest BCUT2D eigenvalue weighted by molar-refractivity contribution is -0.274. The monoisotopic (exact) mass is 687 g/mol. The van der Waals surface area contributed by atoms with E-state index in [0.29, 0.717) is 35.8 Å². The van der Waals surface area contributed by atoms with Crippen molar-refractivity contribution in [2.45, 2.75) is 51.5 Å². The van der Waals surface area contributed by atoms with Crippen LogP contribution in [0.15, 0.2) is 54.7 Å². The molecular weight excluding hydrogens is 662 g/mol. The summed E-state index contributed by atoms with van der Waals surface area (Å²) in [5, 5.41) is 33.0. The highest BCUT2D eigenvalue weighted by Crippen LogP contribution is 2.23. The van der Waals surface area contributed by atoms with E-state index in [4.69, 9.17) is 0 Å². The molecule has 40 heavy (non-hydrogen) atoms. The Morgan fingerprint density at radius 1 is 1.07 bits per heavy atom. The Balaban J connectivity index is 1.16. The van der Waals surface area contributed by atoms with E-state index >= 15 is 0 Å². The molecule has 0 fully saturated rings. The maximum Gasteiger partial charge on any atom is 0.573 e. The van der Waals surface area contributed by atoms with Gasteiger partial charge in [-0.3, -0.25) is 14.8 Å². The van der Waals surface area contributed by atoms with Crippen LogP contribution < -0.4 is 15.4 Å². The summed E-state index contributed by atoms with van der Waals surface area (Å²) in [5.74, 6) is -0.819. The Bertz CT molecular complexity index is 1420. The van der Waals surface area contributed by atoms with Gasteiger partial charge in [0.1, 0.15) is 16.5 Å². The van der Waals surface area contributed by atoms with Gasteiger partial charge in [-0.25, -0.2) is 0 Å². The van der Waals surface area contributed by atoms with Gasteiger partial charge in [0, 0.05) is 29.6 Å². The highest BCUT2D eigenvalue weighted by atomic mass is 127. The van der Waals surface area contributed by atoms with Gasteiger partial charge in [-0.05, 0) is 70.8 Å². The first-order chi connectivity index (χ1) is 19.1. The molecule has 1 atom stereocenters. The standard InChI is InChI=1S/C25H25F3IN7O3S/c26-25(27,28)39-19-8-4-6-17(12-19)14-31-23(38)24-34-33-21(40-24)9-1-2-10-36-15-20(32-35-36)22(37)30-13-16-5-3-7-18(29)11-16/h3-8,11-12,15,22,30,37H,1-2,9-10,13-14H2,(H,31,38). The number of hydrogen-bond acceptors (Lipinski definition) is 9.